The topological polar surface area (TPSA) is 30.5 Å². The van der Waals surface area contributed by atoms with Gasteiger partial charge in [-0.3, -0.25) is 0 Å². The van der Waals surface area contributed by atoms with Gasteiger partial charge in [-0.1, -0.05) is 23.2 Å². The normalized spacial score (nSPS) is 20.8. The Morgan fingerprint density at radius 3 is 3.06 bits per heavy atom. The Balaban J connectivity index is 1.90. The van der Waals surface area contributed by atoms with Crippen LogP contribution in [0.2, 0.25) is 10.0 Å². The van der Waals surface area contributed by atoms with Crippen molar-refractivity contribution in [1.82, 2.24) is 5.32 Å². The molecule has 0 radical (unpaired) electrons. The molecule has 5 heteroatoms. The van der Waals surface area contributed by atoms with Gasteiger partial charge in [-0.25, -0.2) is 0 Å². The molecule has 0 spiro atoms. The highest BCUT2D eigenvalue weighted by atomic mass is 35.5. The number of halogens is 2. The predicted molar refractivity (Wildman–Crippen MR) is 64.6 cm³/mol. The van der Waals surface area contributed by atoms with Crippen LogP contribution in [0.4, 0.5) is 0 Å². The van der Waals surface area contributed by atoms with Crippen molar-refractivity contribution < 1.29 is 9.47 Å². The van der Waals surface area contributed by atoms with Gasteiger partial charge in [0.1, 0.15) is 18.5 Å². The van der Waals surface area contributed by atoms with Gasteiger partial charge in [0.05, 0.1) is 11.6 Å². The van der Waals surface area contributed by atoms with Crippen LogP contribution in [0, 0.1) is 0 Å². The van der Waals surface area contributed by atoms with Crippen molar-refractivity contribution in [2.75, 3.05) is 26.3 Å². The lowest BCUT2D eigenvalue weighted by atomic mass is 10.3. The van der Waals surface area contributed by atoms with Crippen LogP contribution in [-0.4, -0.2) is 32.4 Å². The van der Waals surface area contributed by atoms with E-state index in [-0.39, 0.29) is 6.10 Å². The summed E-state index contributed by atoms with van der Waals surface area (Å²) in [5, 5.41) is 4.41. The first-order valence-corrected chi connectivity index (χ1v) is 5.91. The first-order chi connectivity index (χ1) is 7.75. The monoisotopic (exact) mass is 261 g/mol. The standard InChI is InChI=1S/C11H13Cl2NO2/c12-8-1-2-10(13)11(5-8)16-7-9-6-14-3-4-15-9/h1-2,5,9,14H,3-4,6-7H2/t9-/m0/s1. The zero-order chi connectivity index (χ0) is 11.4. The van der Waals surface area contributed by atoms with E-state index in [9.17, 15) is 0 Å². The summed E-state index contributed by atoms with van der Waals surface area (Å²) >= 11 is 11.8. The zero-order valence-electron chi connectivity index (χ0n) is 8.71. The lowest BCUT2D eigenvalue weighted by Gasteiger charge is -2.23. The third-order valence-electron chi connectivity index (χ3n) is 2.32. The molecular weight excluding hydrogens is 249 g/mol. The SMILES string of the molecule is Clc1ccc(Cl)c(OC[C@@H]2CNCCO2)c1. The summed E-state index contributed by atoms with van der Waals surface area (Å²) in [7, 11) is 0. The molecule has 0 aliphatic carbocycles. The molecule has 1 aromatic carbocycles. The van der Waals surface area contributed by atoms with Gasteiger partial charge in [0.2, 0.25) is 0 Å². The molecule has 88 valence electrons. The molecule has 1 aromatic rings. The van der Waals surface area contributed by atoms with Crippen LogP contribution in [-0.2, 0) is 4.74 Å². The summed E-state index contributed by atoms with van der Waals surface area (Å²) in [5.74, 6) is 0.600. The molecule has 0 saturated carbocycles. The third kappa shape index (κ3) is 3.25. The second kappa shape index (κ2) is 5.73. The largest absolute Gasteiger partial charge is 0.489 e. The van der Waals surface area contributed by atoms with Gasteiger partial charge in [-0.2, -0.15) is 0 Å². The first kappa shape index (κ1) is 12.0. The maximum Gasteiger partial charge on any atom is 0.139 e. The average Bonchev–Trinajstić information content (AvgIpc) is 2.32. The molecule has 0 unspecified atom stereocenters. The van der Waals surface area contributed by atoms with Crippen molar-refractivity contribution >= 4 is 23.2 Å². The van der Waals surface area contributed by atoms with E-state index in [2.05, 4.69) is 5.32 Å². The zero-order valence-corrected chi connectivity index (χ0v) is 10.2. The molecule has 1 fully saturated rings. The molecule has 1 aliphatic heterocycles. The Kier molecular flexibility index (Phi) is 4.29. The van der Waals surface area contributed by atoms with Gasteiger partial charge < -0.3 is 14.8 Å². The van der Waals surface area contributed by atoms with Gasteiger partial charge in [0.15, 0.2) is 0 Å². The smallest absolute Gasteiger partial charge is 0.139 e. The Morgan fingerprint density at radius 2 is 2.31 bits per heavy atom. The van der Waals surface area contributed by atoms with E-state index in [0.29, 0.717) is 22.4 Å². The second-order valence-electron chi connectivity index (χ2n) is 3.58. The molecule has 0 bridgehead atoms. The average molecular weight is 262 g/mol. The predicted octanol–water partition coefficient (Wildman–Crippen LogP) is 2.36. The summed E-state index contributed by atoms with van der Waals surface area (Å²) in [6, 6.07) is 5.16. The van der Waals surface area contributed by atoms with Crippen molar-refractivity contribution in [3.05, 3.63) is 28.2 Å². The molecule has 1 aliphatic rings. The van der Waals surface area contributed by atoms with Crippen molar-refractivity contribution in [1.29, 1.82) is 0 Å². The minimum absolute atomic E-state index is 0.0730. The Bertz CT molecular complexity index is 354. The molecule has 1 atom stereocenters. The number of rotatable bonds is 3. The quantitative estimate of drug-likeness (QED) is 0.907. The molecule has 1 N–H and O–H groups in total. The Labute approximate surface area is 105 Å². The lowest BCUT2D eigenvalue weighted by Crippen LogP contribution is -2.41. The van der Waals surface area contributed by atoms with E-state index in [1.54, 1.807) is 18.2 Å². The highest BCUT2D eigenvalue weighted by Crippen LogP contribution is 2.27. The van der Waals surface area contributed by atoms with E-state index in [4.69, 9.17) is 32.7 Å². The summed E-state index contributed by atoms with van der Waals surface area (Å²) < 4.78 is 11.1. The van der Waals surface area contributed by atoms with E-state index in [1.165, 1.54) is 0 Å². The van der Waals surface area contributed by atoms with Crippen LogP contribution in [0.5, 0.6) is 5.75 Å². The van der Waals surface area contributed by atoms with Crippen LogP contribution in [0.15, 0.2) is 18.2 Å². The van der Waals surface area contributed by atoms with Crippen LogP contribution in [0.3, 0.4) is 0 Å². The lowest BCUT2D eigenvalue weighted by molar-refractivity contribution is 0.000219. The Morgan fingerprint density at radius 1 is 1.44 bits per heavy atom. The van der Waals surface area contributed by atoms with Crippen molar-refractivity contribution in [2.24, 2.45) is 0 Å². The molecule has 1 heterocycles. The van der Waals surface area contributed by atoms with E-state index >= 15 is 0 Å². The fraction of sp³-hybridized carbons (Fsp3) is 0.455. The van der Waals surface area contributed by atoms with Crippen LogP contribution >= 0.6 is 23.2 Å². The molecule has 1 saturated heterocycles. The fourth-order valence-corrected chi connectivity index (χ4v) is 1.83. The molecular formula is C11H13Cl2NO2. The molecule has 0 amide bonds. The van der Waals surface area contributed by atoms with Gasteiger partial charge in [-0.15, -0.1) is 0 Å². The van der Waals surface area contributed by atoms with Gasteiger partial charge in [-0.05, 0) is 12.1 Å². The van der Waals surface area contributed by atoms with E-state index in [0.717, 1.165) is 19.7 Å². The third-order valence-corrected chi connectivity index (χ3v) is 2.87. The highest BCUT2D eigenvalue weighted by Gasteiger charge is 2.14. The molecule has 3 nitrogen and oxygen atoms in total. The number of benzene rings is 1. The van der Waals surface area contributed by atoms with Crippen LogP contribution in [0.1, 0.15) is 0 Å². The number of morpholine rings is 1. The second-order valence-corrected chi connectivity index (χ2v) is 4.43. The van der Waals surface area contributed by atoms with Crippen LogP contribution in [0.25, 0.3) is 0 Å². The number of hydrogen-bond acceptors (Lipinski definition) is 3. The van der Waals surface area contributed by atoms with Crippen molar-refractivity contribution in [2.45, 2.75) is 6.10 Å². The van der Waals surface area contributed by atoms with Gasteiger partial charge in [0, 0.05) is 24.2 Å². The number of ether oxygens (including phenoxy) is 2. The molecule has 2 rings (SSSR count). The van der Waals surface area contributed by atoms with Gasteiger partial charge >= 0.3 is 0 Å². The molecule has 0 aromatic heterocycles. The number of hydrogen-bond donors (Lipinski definition) is 1. The molecule has 16 heavy (non-hydrogen) atoms. The van der Waals surface area contributed by atoms with Crippen LogP contribution < -0.4 is 10.1 Å². The summed E-state index contributed by atoms with van der Waals surface area (Å²) in [6.45, 7) is 2.90. The number of nitrogens with one attached hydrogen (secondary N) is 1. The van der Waals surface area contributed by atoms with Crippen molar-refractivity contribution in [3.8, 4) is 5.75 Å². The maximum absolute atomic E-state index is 5.97. The maximum atomic E-state index is 5.97. The van der Waals surface area contributed by atoms with Gasteiger partial charge in [0.25, 0.3) is 0 Å². The summed E-state index contributed by atoms with van der Waals surface area (Å²) in [6.07, 6.45) is 0.0730. The summed E-state index contributed by atoms with van der Waals surface area (Å²) in [4.78, 5) is 0. The fourth-order valence-electron chi connectivity index (χ4n) is 1.50. The van der Waals surface area contributed by atoms with E-state index < -0.39 is 0 Å². The summed E-state index contributed by atoms with van der Waals surface area (Å²) in [5.41, 5.74) is 0. The van der Waals surface area contributed by atoms with Crippen molar-refractivity contribution in [3.63, 3.8) is 0 Å². The van der Waals surface area contributed by atoms with E-state index in [1.807, 2.05) is 0 Å². The Hall–Kier alpha value is -0.480. The minimum Gasteiger partial charge on any atom is -0.489 e. The first-order valence-electron chi connectivity index (χ1n) is 5.16. The highest BCUT2D eigenvalue weighted by molar-refractivity contribution is 6.34. The minimum atomic E-state index is 0.0730.